The molecule has 4 nitrogen and oxygen atoms in total. The molecule has 2 fully saturated rings. The van der Waals surface area contributed by atoms with Crippen LogP contribution in [0.1, 0.15) is 29.6 Å². The number of hydrogen-bond donors (Lipinski definition) is 2. The highest BCUT2D eigenvalue weighted by atomic mass is 16.1. The Bertz CT molecular complexity index is 633. The van der Waals surface area contributed by atoms with E-state index in [2.05, 4.69) is 10.6 Å². The molecule has 0 saturated carbocycles. The Morgan fingerprint density at radius 2 is 2.26 bits per heavy atom. The van der Waals surface area contributed by atoms with Crippen LogP contribution in [0.15, 0.2) is 36.7 Å². The number of rotatable bonds is 2. The molecule has 4 heteroatoms. The van der Waals surface area contributed by atoms with E-state index in [1.807, 2.05) is 41.1 Å². The largest absolute Gasteiger partial charge is 0.348 e. The average Bonchev–Trinajstić information content (AvgIpc) is 3.13. The number of aromatic nitrogens is 1. The van der Waals surface area contributed by atoms with E-state index in [9.17, 15) is 4.79 Å². The first-order chi connectivity index (χ1) is 9.29. The maximum absolute atomic E-state index is 12.3. The van der Waals surface area contributed by atoms with Crippen molar-refractivity contribution in [1.82, 2.24) is 15.0 Å². The summed E-state index contributed by atoms with van der Waals surface area (Å²) in [7, 11) is 0. The monoisotopic (exact) mass is 255 g/mol. The Hall–Kier alpha value is -1.81. The minimum atomic E-state index is 0.0370. The zero-order valence-corrected chi connectivity index (χ0v) is 10.7. The molecule has 4 rings (SSSR count). The molecule has 4 heterocycles. The molecule has 19 heavy (non-hydrogen) atoms. The third-order valence-electron chi connectivity index (χ3n) is 4.40. The SMILES string of the molecule is O=C(N[C@@H]1C[C@H]2CC[C@@H]1N2)c1ccc2cccn2c1. The number of hydrogen-bond acceptors (Lipinski definition) is 2. The summed E-state index contributed by atoms with van der Waals surface area (Å²) in [5.74, 6) is 0.0370. The standard InChI is InChI=1S/C15H17N3O/c19-15(17-14-8-11-4-6-13(14)16-11)10-3-5-12-2-1-7-18(12)9-10/h1-3,5,7,9,11,13-14,16H,4,6,8H2,(H,17,19)/t11-,13+,14-/m1/s1. The third kappa shape index (κ3) is 1.83. The van der Waals surface area contributed by atoms with Gasteiger partial charge in [0, 0.05) is 36.0 Å². The number of pyridine rings is 1. The van der Waals surface area contributed by atoms with Crippen molar-refractivity contribution >= 4 is 11.4 Å². The van der Waals surface area contributed by atoms with Crippen LogP contribution >= 0.6 is 0 Å². The normalized spacial score (nSPS) is 28.9. The van der Waals surface area contributed by atoms with Gasteiger partial charge in [-0.15, -0.1) is 0 Å². The second kappa shape index (κ2) is 4.10. The van der Waals surface area contributed by atoms with Gasteiger partial charge in [0.05, 0.1) is 5.56 Å². The highest BCUT2D eigenvalue weighted by molar-refractivity contribution is 5.94. The molecule has 0 radical (unpaired) electrons. The first-order valence-corrected chi connectivity index (χ1v) is 6.93. The van der Waals surface area contributed by atoms with Gasteiger partial charge < -0.3 is 15.0 Å². The van der Waals surface area contributed by atoms with Crippen molar-refractivity contribution in [3.05, 3.63) is 42.2 Å². The Labute approximate surface area is 111 Å². The molecule has 2 bridgehead atoms. The predicted molar refractivity (Wildman–Crippen MR) is 73.2 cm³/mol. The van der Waals surface area contributed by atoms with E-state index in [1.165, 1.54) is 12.8 Å². The highest BCUT2D eigenvalue weighted by Gasteiger charge is 2.39. The van der Waals surface area contributed by atoms with Crippen LogP contribution in [-0.2, 0) is 0 Å². The van der Waals surface area contributed by atoms with Crippen LogP contribution in [0.3, 0.4) is 0 Å². The van der Waals surface area contributed by atoms with Crippen molar-refractivity contribution in [3.8, 4) is 0 Å². The van der Waals surface area contributed by atoms with Crippen LogP contribution in [0.4, 0.5) is 0 Å². The van der Waals surface area contributed by atoms with Crippen molar-refractivity contribution < 1.29 is 4.79 Å². The van der Waals surface area contributed by atoms with Crippen LogP contribution in [0, 0.1) is 0 Å². The summed E-state index contributed by atoms with van der Waals surface area (Å²) in [4.78, 5) is 12.3. The van der Waals surface area contributed by atoms with Gasteiger partial charge >= 0.3 is 0 Å². The number of nitrogens with zero attached hydrogens (tertiary/aromatic N) is 1. The smallest absolute Gasteiger partial charge is 0.253 e. The molecule has 2 N–H and O–H groups in total. The molecule has 0 spiro atoms. The lowest BCUT2D eigenvalue weighted by molar-refractivity contribution is 0.0930. The molecule has 2 saturated heterocycles. The van der Waals surface area contributed by atoms with E-state index >= 15 is 0 Å². The molecule has 3 atom stereocenters. The molecule has 0 unspecified atom stereocenters. The fraction of sp³-hybridized carbons (Fsp3) is 0.400. The van der Waals surface area contributed by atoms with Crippen LogP contribution < -0.4 is 10.6 Å². The van der Waals surface area contributed by atoms with Crippen LogP contribution in [0.2, 0.25) is 0 Å². The Morgan fingerprint density at radius 3 is 3.05 bits per heavy atom. The first-order valence-electron chi connectivity index (χ1n) is 6.93. The van der Waals surface area contributed by atoms with E-state index in [-0.39, 0.29) is 5.91 Å². The molecule has 1 amide bonds. The van der Waals surface area contributed by atoms with Gasteiger partial charge in [-0.2, -0.15) is 0 Å². The number of amides is 1. The molecular weight excluding hydrogens is 238 g/mol. The van der Waals surface area contributed by atoms with E-state index < -0.39 is 0 Å². The first kappa shape index (κ1) is 11.1. The Morgan fingerprint density at radius 1 is 1.32 bits per heavy atom. The van der Waals surface area contributed by atoms with Gasteiger partial charge in [0.2, 0.25) is 0 Å². The fourth-order valence-electron chi connectivity index (χ4n) is 3.40. The Balaban J connectivity index is 1.53. The summed E-state index contributed by atoms with van der Waals surface area (Å²) in [5.41, 5.74) is 1.84. The van der Waals surface area contributed by atoms with Gasteiger partial charge in [0.1, 0.15) is 0 Å². The summed E-state index contributed by atoms with van der Waals surface area (Å²) >= 11 is 0. The number of nitrogens with one attached hydrogen (secondary N) is 2. The fourth-order valence-corrected chi connectivity index (χ4v) is 3.40. The van der Waals surface area contributed by atoms with Gasteiger partial charge in [-0.3, -0.25) is 4.79 Å². The van der Waals surface area contributed by atoms with Crippen molar-refractivity contribution in [2.45, 2.75) is 37.4 Å². The second-order valence-corrected chi connectivity index (χ2v) is 5.62. The molecule has 98 valence electrons. The van der Waals surface area contributed by atoms with Crippen LogP contribution in [0.25, 0.3) is 5.52 Å². The number of carbonyl (C=O) groups excluding carboxylic acids is 1. The summed E-state index contributed by atoms with van der Waals surface area (Å²) in [6.45, 7) is 0. The van der Waals surface area contributed by atoms with E-state index in [0.717, 1.165) is 17.5 Å². The van der Waals surface area contributed by atoms with Crippen LogP contribution in [-0.4, -0.2) is 28.4 Å². The third-order valence-corrected chi connectivity index (χ3v) is 4.40. The maximum Gasteiger partial charge on any atom is 0.253 e. The predicted octanol–water partition coefficient (Wildman–Crippen LogP) is 1.56. The lowest BCUT2D eigenvalue weighted by Crippen LogP contribution is -2.42. The van der Waals surface area contributed by atoms with E-state index in [0.29, 0.717) is 18.1 Å². The summed E-state index contributed by atoms with van der Waals surface area (Å²) in [6, 6.07) is 9.27. The summed E-state index contributed by atoms with van der Waals surface area (Å²) < 4.78 is 1.98. The molecule has 0 aliphatic carbocycles. The molecule has 2 aromatic heterocycles. The van der Waals surface area contributed by atoms with Crippen molar-refractivity contribution in [2.75, 3.05) is 0 Å². The van der Waals surface area contributed by atoms with Crippen LogP contribution in [0.5, 0.6) is 0 Å². The van der Waals surface area contributed by atoms with Crippen molar-refractivity contribution in [2.24, 2.45) is 0 Å². The minimum Gasteiger partial charge on any atom is -0.348 e. The summed E-state index contributed by atoms with van der Waals surface area (Å²) in [5, 5.41) is 6.71. The van der Waals surface area contributed by atoms with Gasteiger partial charge in [0.15, 0.2) is 0 Å². The molecular formula is C15H17N3O. The second-order valence-electron chi connectivity index (χ2n) is 5.62. The van der Waals surface area contributed by atoms with Gasteiger partial charge in [-0.1, -0.05) is 0 Å². The molecule has 0 aromatic carbocycles. The summed E-state index contributed by atoms with van der Waals surface area (Å²) in [6.07, 6.45) is 7.37. The lowest BCUT2D eigenvalue weighted by atomic mass is 9.95. The zero-order valence-electron chi connectivity index (χ0n) is 10.7. The van der Waals surface area contributed by atoms with E-state index in [1.54, 1.807) is 0 Å². The lowest BCUT2D eigenvalue weighted by Gasteiger charge is -2.21. The topological polar surface area (TPSA) is 45.5 Å². The van der Waals surface area contributed by atoms with Gasteiger partial charge in [-0.05, 0) is 43.5 Å². The average molecular weight is 255 g/mol. The highest BCUT2D eigenvalue weighted by Crippen LogP contribution is 2.28. The minimum absolute atomic E-state index is 0.0370. The van der Waals surface area contributed by atoms with E-state index in [4.69, 9.17) is 0 Å². The quantitative estimate of drug-likeness (QED) is 0.855. The van der Waals surface area contributed by atoms with Crippen molar-refractivity contribution in [1.29, 1.82) is 0 Å². The van der Waals surface area contributed by atoms with Crippen molar-refractivity contribution in [3.63, 3.8) is 0 Å². The number of fused-ring (bicyclic) bond motifs is 3. The number of carbonyl (C=O) groups is 1. The van der Waals surface area contributed by atoms with Gasteiger partial charge in [0.25, 0.3) is 5.91 Å². The molecule has 2 aliphatic heterocycles. The molecule has 2 aromatic rings. The zero-order chi connectivity index (χ0) is 12.8. The Kier molecular flexibility index (Phi) is 2.38. The van der Waals surface area contributed by atoms with Gasteiger partial charge in [-0.25, -0.2) is 0 Å². The molecule has 2 aliphatic rings. The maximum atomic E-state index is 12.3.